The maximum absolute atomic E-state index is 12.6. The van der Waals surface area contributed by atoms with Crippen molar-refractivity contribution in [3.8, 4) is 22.8 Å². The van der Waals surface area contributed by atoms with Crippen molar-refractivity contribution in [3.05, 3.63) is 66.5 Å². The summed E-state index contributed by atoms with van der Waals surface area (Å²) in [5.41, 5.74) is 2.01. The first-order chi connectivity index (χ1) is 16.3. The van der Waals surface area contributed by atoms with Crippen LogP contribution in [0.1, 0.15) is 23.2 Å². The van der Waals surface area contributed by atoms with Crippen LogP contribution in [0, 0.1) is 0 Å². The fraction of sp³-hybridized carbons (Fsp3) is 0.217. The van der Waals surface area contributed by atoms with Crippen molar-refractivity contribution in [2.24, 2.45) is 0 Å². The van der Waals surface area contributed by atoms with Crippen molar-refractivity contribution in [3.63, 3.8) is 0 Å². The number of nitrogens with zero attached hydrogens (tertiary/aromatic N) is 4. The number of hydrogen-bond acceptors (Lipinski definition) is 6. The zero-order valence-electron chi connectivity index (χ0n) is 17.9. The van der Waals surface area contributed by atoms with E-state index in [1.807, 2.05) is 31.2 Å². The first kappa shape index (κ1) is 23.0. The van der Waals surface area contributed by atoms with E-state index in [4.69, 9.17) is 9.47 Å². The van der Waals surface area contributed by atoms with Crippen molar-refractivity contribution < 1.29 is 32.5 Å². The molecule has 0 aliphatic rings. The molecule has 3 heterocycles. The van der Waals surface area contributed by atoms with E-state index in [1.54, 1.807) is 16.8 Å². The fourth-order valence-corrected chi connectivity index (χ4v) is 3.52. The first-order valence-electron chi connectivity index (χ1n) is 10.2. The van der Waals surface area contributed by atoms with Crippen LogP contribution < -0.4 is 9.47 Å². The Morgan fingerprint density at radius 3 is 2.50 bits per heavy atom. The molecule has 8 nitrogen and oxygen atoms in total. The SMILES string of the molecule is CCOc1cccc(-c2nccc3c2cc(C(=O)O)n3CCOc2cnc(C(F)(F)F)nc2)c1. The Hall–Kier alpha value is -4.15. The molecule has 0 atom stereocenters. The zero-order valence-corrected chi connectivity index (χ0v) is 17.9. The van der Waals surface area contributed by atoms with Gasteiger partial charge in [-0.2, -0.15) is 13.2 Å². The first-order valence-corrected chi connectivity index (χ1v) is 10.2. The van der Waals surface area contributed by atoms with E-state index >= 15 is 0 Å². The van der Waals surface area contributed by atoms with Crippen LogP contribution in [-0.2, 0) is 12.7 Å². The molecule has 0 fully saturated rings. The molecule has 4 aromatic rings. The topological polar surface area (TPSA) is 99.4 Å². The Labute approximate surface area is 191 Å². The van der Waals surface area contributed by atoms with Crippen molar-refractivity contribution in [2.45, 2.75) is 19.6 Å². The number of fused-ring (bicyclic) bond motifs is 1. The third kappa shape index (κ3) is 4.77. The van der Waals surface area contributed by atoms with Gasteiger partial charge in [0.15, 0.2) is 5.75 Å². The van der Waals surface area contributed by atoms with E-state index in [2.05, 4.69) is 15.0 Å². The van der Waals surface area contributed by atoms with E-state index < -0.39 is 18.0 Å². The lowest BCUT2D eigenvalue weighted by molar-refractivity contribution is -0.145. The smallest absolute Gasteiger partial charge is 0.451 e. The molecule has 0 amide bonds. The third-order valence-corrected chi connectivity index (χ3v) is 4.93. The summed E-state index contributed by atoms with van der Waals surface area (Å²) in [5.74, 6) is -1.69. The highest BCUT2D eigenvalue weighted by Crippen LogP contribution is 2.31. The van der Waals surface area contributed by atoms with Crippen molar-refractivity contribution >= 4 is 16.9 Å². The Morgan fingerprint density at radius 2 is 1.82 bits per heavy atom. The van der Waals surface area contributed by atoms with Crippen LogP contribution in [0.5, 0.6) is 11.5 Å². The number of rotatable bonds is 8. The number of pyridine rings is 1. The summed E-state index contributed by atoms with van der Waals surface area (Å²) in [6.07, 6.45) is -1.21. The molecule has 0 unspecified atom stereocenters. The molecule has 0 spiro atoms. The Balaban J connectivity index is 1.61. The average molecular weight is 472 g/mol. The Bertz CT molecular complexity index is 1320. The highest BCUT2D eigenvalue weighted by molar-refractivity contribution is 6.00. The predicted octanol–water partition coefficient (Wildman–Crippen LogP) is 4.69. The number of aromatic carboxylic acids is 1. The number of carbonyl (C=O) groups is 1. The molecule has 0 aliphatic carbocycles. The van der Waals surface area contributed by atoms with Gasteiger partial charge in [-0.1, -0.05) is 12.1 Å². The highest BCUT2D eigenvalue weighted by atomic mass is 19.4. The zero-order chi connectivity index (χ0) is 24.3. The maximum atomic E-state index is 12.6. The molecule has 0 saturated carbocycles. The number of ether oxygens (including phenoxy) is 2. The molecular formula is C23H19F3N4O4. The average Bonchev–Trinajstić information content (AvgIpc) is 3.18. The summed E-state index contributed by atoms with van der Waals surface area (Å²) < 4.78 is 50.4. The minimum Gasteiger partial charge on any atom is -0.494 e. The van der Waals surface area contributed by atoms with Crippen LogP contribution in [0.15, 0.2) is 55.0 Å². The summed E-state index contributed by atoms with van der Waals surface area (Å²) >= 11 is 0. The summed E-state index contributed by atoms with van der Waals surface area (Å²) in [6, 6.07) is 10.6. The second-order valence-corrected chi connectivity index (χ2v) is 7.13. The second kappa shape index (κ2) is 9.38. The molecule has 0 radical (unpaired) electrons. The van der Waals surface area contributed by atoms with Gasteiger partial charge in [0.25, 0.3) is 0 Å². The molecule has 4 rings (SSSR count). The van der Waals surface area contributed by atoms with Crippen LogP contribution in [0.25, 0.3) is 22.2 Å². The van der Waals surface area contributed by atoms with E-state index in [0.717, 1.165) is 18.0 Å². The second-order valence-electron chi connectivity index (χ2n) is 7.13. The van der Waals surface area contributed by atoms with Crippen molar-refractivity contribution in [1.82, 2.24) is 19.5 Å². The van der Waals surface area contributed by atoms with Gasteiger partial charge in [-0.05, 0) is 31.2 Å². The Morgan fingerprint density at radius 1 is 1.06 bits per heavy atom. The van der Waals surface area contributed by atoms with Crippen LogP contribution in [-0.4, -0.2) is 43.8 Å². The van der Waals surface area contributed by atoms with Crippen molar-refractivity contribution in [1.29, 1.82) is 0 Å². The highest BCUT2D eigenvalue weighted by Gasteiger charge is 2.34. The molecular weight excluding hydrogens is 453 g/mol. The van der Waals surface area contributed by atoms with Crippen LogP contribution in [0.2, 0.25) is 0 Å². The van der Waals surface area contributed by atoms with Crippen LogP contribution >= 0.6 is 0 Å². The van der Waals surface area contributed by atoms with Gasteiger partial charge in [0.05, 0.1) is 36.8 Å². The summed E-state index contributed by atoms with van der Waals surface area (Å²) in [6.45, 7) is 2.49. The fourth-order valence-electron chi connectivity index (χ4n) is 3.52. The van der Waals surface area contributed by atoms with Gasteiger partial charge in [-0.25, -0.2) is 14.8 Å². The van der Waals surface area contributed by atoms with E-state index in [0.29, 0.717) is 29.0 Å². The number of benzene rings is 1. The molecule has 176 valence electrons. The summed E-state index contributed by atoms with van der Waals surface area (Å²) in [7, 11) is 0. The molecule has 0 saturated heterocycles. The number of aromatic nitrogens is 4. The molecule has 1 N–H and O–H groups in total. The third-order valence-electron chi connectivity index (χ3n) is 4.93. The number of carboxylic acid groups (broad SMARTS) is 1. The van der Waals surface area contributed by atoms with E-state index in [9.17, 15) is 23.1 Å². The lowest BCUT2D eigenvalue weighted by Gasteiger charge is -2.11. The largest absolute Gasteiger partial charge is 0.494 e. The van der Waals surface area contributed by atoms with E-state index in [-0.39, 0.29) is 24.6 Å². The minimum absolute atomic E-state index is 0.0176. The summed E-state index contributed by atoms with van der Waals surface area (Å²) in [4.78, 5) is 22.9. The molecule has 3 aromatic heterocycles. The van der Waals surface area contributed by atoms with Crippen LogP contribution in [0.4, 0.5) is 13.2 Å². The molecule has 0 bridgehead atoms. The lowest BCUT2D eigenvalue weighted by Crippen LogP contribution is -2.14. The van der Waals surface area contributed by atoms with Gasteiger partial charge in [0.1, 0.15) is 18.1 Å². The minimum atomic E-state index is -4.65. The van der Waals surface area contributed by atoms with Gasteiger partial charge in [0.2, 0.25) is 5.82 Å². The number of alkyl halides is 3. The number of hydrogen-bond donors (Lipinski definition) is 1. The monoisotopic (exact) mass is 472 g/mol. The van der Waals surface area contributed by atoms with Gasteiger partial charge in [0, 0.05) is 17.1 Å². The standard InChI is InChI=1S/C23H19F3N4O4/c1-2-33-15-5-3-4-14(10-15)20-17-11-19(21(31)32)30(18(17)6-7-27-20)8-9-34-16-12-28-22(29-13-16)23(24,25)26/h3-7,10-13H,2,8-9H2,1H3,(H,31,32). The number of carboxylic acids is 1. The molecule has 1 aromatic carbocycles. The predicted molar refractivity (Wildman–Crippen MR) is 116 cm³/mol. The Kier molecular flexibility index (Phi) is 6.35. The van der Waals surface area contributed by atoms with Crippen molar-refractivity contribution in [2.75, 3.05) is 13.2 Å². The number of halogens is 3. The quantitative estimate of drug-likeness (QED) is 0.397. The van der Waals surface area contributed by atoms with Crippen LogP contribution in [0.3, 0.4) is 0 Å². The summed E-state index contributed by atoms with van der Waals surface area (Å²) in [5, 5.41) is 10.4. The molecule has 34 heavy (non-hydrogen) atoms. The molecule has 0 aliphatic heterocycles. The van der Waals surface area contributed by atoms with Gasteiger partial charge >= 0.3 is 12.1 Å². The van der Waals surface area contributed by atoms with Gasteiger partial charge in [-0.15, -0.1) is 0 Å². The van der Waals surface area contributed by atoms with E-state index in [1.165, 1.54) is 6.07 Å². The molecule has 11 heteroatoms. The lowest BCUT2D eigenvalue weighted by atomic mass is 10.1. The van der Waals surface area contributed by atoms with Gasteiger partial charge < -0.3 is 19.1 Å². The van der Waals surface area contributed by atoms with Gasteiger partial charge in [-0.3, -0.25) is 4.98 Å². The maximum Gasteiger partial charge on any atom is 0.451 e. The normalized spacial score (nSPS) is 11.5.